The standard InChI is InChI=1S/C22H24N2O4S/c1-3-19(20(26)15-9-11-16(28-2)12-10-15)29-22-23-18-8-5-4-7-17(18)21(27)24(22)13-6-14-25/h4-5,7-12,19,25H,3,6,13-14H2,1-2H3. The van der Waals surface area contributed by atoms with E-state index in [1.54, 1.807) is 54.1 Å². The van der Waals surface area contributed by atoms with E-state index in [0.29, 0.717) is 46.8 Å². The zero-order valence-corrected chi connectivity index (χ0v) is 17.3. The highest BCUT2D eigenvalue weighted by Crippen LogP contribution is 2.28. The van der Waals surface area contributed by atoms with Gasteiger partial charge in [0, 0.05) is 18.7 Å². The van der Waals surface area contributed by atoms with Gasteiger partial charge < -0.3 is 9.84 Å². The van der Waals surface area contributed by atoms with Crippen molar-refractivity contribution in [2.45, 2.75) is 36.7 Å². The van der Waals surface area contributed by atoms with Crippen molar-refractivity contribution in [1.29, 1.82) is 0 Å². The fourth-order valence-electron chi connectivity index (χ4n) is 3.05. The Kier molecular flexibility index (Phi) is 7.06. The van der Waals surface area contributed by atoms with E-state index in [1.165, 1.54) is 11.8 Å². The second kappa shape index (κ2) is 9.71. The molecule has 0 saturated carbocycles. The number of para-hydroxylation sites is 1. The predicted octanol–water partition coefficient (Wildman–Crippen LogP) is 3.54. The lowest BCUT2D eigenvalue weighted by Gasteiger charge is -2.17. The lowest BCUT2D eigenvalue weighted by Crippen LogP contribution is -2.26. The minimum Gasteiger partial charge on any atom is -0.497 e. The Morgan fingerprint density at radius 3 is 2.59 bits per heavy atom. The number of aliphatic hydroxyl groups is 1. The number of Topliss-reactive ketones (excluding diaryl/α,β-unsaturated/α-hetero) is 1. The Morgan fingerprint density at radius 1 is 1.21 bits per heavy atom. The van der Waals surface area contributed by atoms with Gasteiger partial charge in [-0.3, -0.25) is 14.2 Å². The smallest absolute Gasteiger partial charge is 0.262 e. The maximum Gasteiger partial charge on any atom is 0.262 e. The van der Waals surface area contributed by atoms with Crippen molar-refractivity contribution >= 4 is 28.4 Å². The Morgan fingerprint density at radius 2 is 1.93 bits per heavy atom. The SMILES string of the molecule is CCC(Sc1nc2ccccc2c(=O)n1CCCO)C(=O)c1ccc(OC)cc1. The summed E-state index contributed by atoms with van der Waals surface area (Å²) in [6, 6.07) is 14.2. The molecule has 0 aliphatic heterocycles. The van der Waals surface area contributed by atoms with Crippen molar-refractivity contribution in [3.05, 3.63) is 64.4 Å². The lowest BCUT2D eigenvalue weighted by molar-refractivity contribution is 0.0988. The molecule has 6 nitrogen and oxygen atoms in total. The van der Waals surface area contributed by atoms with Crippen molar-refractivity contribution < 1.29 is 14.6 Å². The van der Waals surface area contributed by atoms with E-state index in [1.807, 2.05) is 13.0 Å². The average molecular weight is 413 g/mol. The lowest BCUT2D eigenvalue weighted by atomic mass is 10.1. The molecule has 1 unspecified atom stereocenters. The van der Waals surface area contributed by atoms with E-state index in [-0.39, 0.29) is 23.2 Å². The molecule has 152 valence electrons. The summed E-state index contributed by atoms with van der Waals surface area (Å²) >= 11 is 1.30. The summed E-state index contributed by atoms with van der Waals surface area (Å²) < 4.78 is 6.72. The molecule has 29 heavy (non-hydrogen) atoms. The number of carbonyl (C=O) groups excluding carboxylic acids is 1. The van der Waals surface area contributed by atoms with Gasteiger partial charge in [0.2, 0.25) is 0 Å². The van der Waals surface area contributed by atoms with E-state index >= 15 is 0 Å². The summed E-state index contributed by atoms with van der Waals surface area (Å²) in [5.41, 5.74) is 1.04. The number of rotatable bonds is 9. The summed E-state index contributed by atoms with van der Waals surface area (Å²) in [4.78, 5) is 30.7. The molecule has 1 atom stereocenters. The van der Waals surface area contributed by atoms with Gasteiger partial charge in [-0.25, -0.2) is 4.98 Å². The number of nitrogens with zero attached hydrogens (tertiary/aromatic N) is 2. The molecule has 0 spiro atoms. The monoisotopic (exact) mass is 412 g/mol. The summed E-state index contributed by atoms with van der Waals surface area (Å²) in [5, 5.41) is 9.87. The number of ether oxygens (including phenoxy) is 1. The first-order chi connectivity index (χ1) is 14.1. The zero-order chi connectivity index (χ0) is 20.8. The van der Waals surface area contributed by atoms with Crippen LogP contribution in [0, 0.1) is 0 Å². The van der Waals surface area contributed by atoms with Gasteiger partial charge in [0.15, 0.2) is 10.9 Å². The van der Waals surface area contributed by atoms with Crippen LogP contribution in [0.25, 0.3) is 10.9 Å². The third-order valence-corrected chi connectivity index (χ3v) is 6.01. The second-order valence-electron chi connectivity index (χ2n) is 6.55. The second-order valence-corrected chi connectivity index (χ2v) is 7.72. The van der Waals surface area contributed by atoms with Gasteiger partial charge in [0.1, 0.15) is 5.75 Å². The van der Waals surface area contributed by atoms with Crippen LogP contribution in [0.1, 0.15) is 30.1 Å². The fraction of sp³-hybridized carbons (Fsp3) is 0.318. The molecular weight excluding hydrogens is 388 g/mol. The quantitative estimate of drug-likeness (QED) is 0.329. The first kappa shape index (κ1) is 21.1. The number of carbonyl (C=O) groups is 1. The molecule has 0 aliphatic rings. The molecular formula is C22H24N2O4S. The van der Waals surface area contributed by atoms with Crippen LogP contribution in [-0.2, 0) is 6.54 Å². The molecule has 0 saturated heterocycles. The maximum atomic E-state index is 13.0. The van der Waals surface area contributed by atoms with E-state index in [4.69, 9.17) is 4.74 Å². The molecule has 1 heterocycles. The molecule has 3 rings (SSSR count). The number of fused-ring (bicyclic) bond motifs is 1. The summed E-state index contributed by atoms with van der Waals surface area (Å²) in [6.07, 6.45) is 1.04. The van der Waals surface area contributed by atoms with Crippen molar-refractivity contribution in [2.75, 3.05) is 13.7 Å². The van der Waals surface area contributed by atoms with Crippen LogP contribution in [0.3, 0.4) is 0 Å². The highest BCUT2D eigenvalue weighted by Gasteiger charge is 2.23. The molecule has 1 aromatic heterocycles. The van der Waals surface area contributed by atoms with Gasteiger partial charge in [0.25, 0.3) is 5.56 Å². The maximum absolute atomic E-state index is 13.0. The van der Waals surface area contributed by atoms with Crippen molar-refractivity contribution in [2.24, 2.45) is 0 Å². The van der Waals surface area contributed by atoms with Gasteiger partial charge in [0.05, 0.1) is 23.3 Å². The first-order valence-electron chi connectivity index (χ1n) is 9.54. The zero-order valence-electron chi connectivity index (χ0n) is 16.5. The van der Waals surface area contributed by atoms with Gasteiger partial charge in [-0.1, -0.05) is 30.8 Å². The van der Waals surface area contributed by atoms with Crippen LogP contribution in [0.15, 0.2) is 58.5 Å². The molecule has 0 radical (unpaired) electrons. The number of aliphatic hydroxyl groups excluding tert-OH is 1. The van der Waals surface area contributed by atoms with E-state index in [0.717, 1.165) is 0 Å². The topological polar surface area (TPSA) is 81.4 Å². The minimum atomic E-state index is -0.378. The summed E-state index contributed by atoms with van der Waals surface area (Å²) in [6.45, 7) is 2.27. The third-order valence-electron chi connectivity index (χ3n) is 4.65. The van der Waals surface area contributed by atoms with Crippen molar-refractivity contribution in [1.82, 2.24) is 9.55 Å². The molecule has 0 aliphatic carbocycles. The molecule has 3 aromatic rings. The molecule has 0 fully saturated rings. The van der Waals surface area contributed by atoms with Gasteiger partial charge in [-0.05, 0) is 49.2 Å². The van der Waals surface area contributed by atoms with Crippen LogP contribution >= 0.6 is 11.8 Å². The molecule has 0 amide bonds. The van der Waals surface area contributed by atoms with Crippen LogP contribution in [0.2, 0.25) is 0 Å². The summed E-state index contributed by atoms with van der Waals surface area (Å²) in [5.74, 6) is 0.674. The first-order valence-corrected chi connectivity index (χ1v) is 10.4. The number of ketones is 1. The summed E-state index contributed by atoms with van der Waals surface area (Å²) in [7, 11) is 1.58. The van der Waals surface area contributed by atoms with Gasteiger partial charge >= 0.3 is 0 Å². The molecule has 0 bridgehead atoms. The minimum absolute atomic E-state index is 0.0173. The van der Waals surface area contributed by atoms with Crippen LogP contribution in [-0.4, -0.2) is 39.4 Å². The van der Waals surface area contributed by atoms with E-state index in [2.05, 4.69) is 4.98 Å². The molecule has 1 N–H and O–H groups in total. The highest BCUT2D eigenvalue weighted by molar-refractivity contribution is 8.00. The predicted molar refractivity (Wildman–Crippen MR) is 115 cm³/mol. The molecule has 2 aromatic carbocycles. The van der Waals surface area contributed by atoms with Gasteiger partial charge in [-0.15, -0.1) is 0 Å². The Hall–Kier alpha value is -2.64. The van der Waals surface area contributed by atoms with Crippen molar-refractivity contribution in [3.63, 3.8) is 0 Å². The number of thioether (sulfide) groups is 1. The van der Waals surface area contributed by atoms with E-state index < -0.39 is 0 Å². The Balaban J connectivity index is 1.97. The fourth-order valence-corrected chi connectivity index (χ4v) is 4.17. The Labute approximate surface area is 173 Å². The number of hydrogen-bond acceptors (Lipinski definition) is 6. The number of methoxy groups -OCH3 is 1. The number of aromatic nitrogens is 2. The Bertz CT molecular complexity index is 1050. The third kappa shape index (κ3) is 4.68. The normalized spacial score (nSPS) is 12.1. The number of benzene rings is 2. The van der Waals surface area contributed by atoms with Crippen molar-refractivity contribution in [3.8, 4) is 5.75 Å². The van der Waals surface area contributed by atoms with Crippen LogP contribution < -0.4 is 10.3 Å². The van der Waals surface area contributed by atoms with Gasteiger partial charge in [-0.2, -0.15) is 0 Å². The van der Waals surface area contributed by atoms with Crippen LogP contribution in [0.4, 0.5) is 0 Å². The van der Waals surface area contributed by atoms with Crippen LogP contribution in [0.5, 0.6) is 5.75 Å². The largest absolute Gasteiger partial charge is 0.497 e. The van der Waals surface area contributed by atoms with E-state index in [9.17, 15) is 14.7 Å². The average Bonchev–Trinajstić information content (AvgIpc) is 2.76. The number of hydrogen-bond donors (Lipinski definition) is 1. The highest BCUT2D eigenvalue weighted by atomic mass is 32.2. The molecule has 7 heteroatoms.